The summed E-state index contributed by atoms with van der Waals surface area (Å²) in [6.45, 7) is 1.61. The van der Waals surface area contributed by atoms with E-state index in [2.05, 4.69) is 5.32 Å². The fourth-order valence-corrected chi connectivity index (χ4v) is 1.97. The molecule has 0 saturated heterocycles. The summed E-state index contributed by atoms with van der Waals surface area (Å²) in [5.74, 6) is -0.983. The highest BCUT2D eigenvalue weighted by Gasteiger charge is 2.11. The molecule has 5 heteroatoms. The molecule has 2 rings (SSSR count). The molecule has 0 bridgehead atoms. The lowest BCUT2D eigenvalue weighted by molar-refractivity contribution is 0.0948. The van der Waals surface area contributed by atoms with Crippen LogP contribution in [-0.2, 0) is 13.2 Å². The summed E-state index contributed by atoms with van der Waals surface area (Å²) in [6.07, 6.45) is 0. The molecule has 0 fully saturated rings. The van der Waals surface area contributed by atoms with Crippen LogP contribution >= 0.6 is 0 Å². The monoisotopic (exact) mass is 289 g/mol. The minimum Gasteiger partial charge on any atom is -0.507 e. The zero-order valence-electron chi connectivity index (χ0n) is 11.6. The van der Waals surface area contributed by atoms with Crippen molar-refractivity contribution in [2.24, 2.45) is 0 Å². The van der Waals surface area contributed by atoms with E-state index in [0.717, 1.165) is 5.56 Å². The number of amides is 1. The first-order chi connectivity index (χ1) is 10.0. The van der Waals surface area contributed by atoms with E-state index in [-0.39, 0.29) is 23.4 Å². The Bertz CT molecular complexity index is 671. The summed E-state index contributed by atoms with van der Waals surface area (Å²) < 4.78 is 13.3. The van der Waals surface area contributed by atoms with Gasteiger partial charge >= 0.3 is 0 Å². The summed E-state index contributed by atoms with van der Waals surface area (Å²) in [6, 6.07) is 9.04. The Morgan fingerprint density at radius 1 is 1.24 bits per heavy atom. The smallest absolute Gasteiger partial charge is 0.255 e. The number of aromatic hydroxyl groups is 1. The number of phenols is 1. The predicted octanol–water partition coefficient (Wildman–Crippen LogP) is 2.26. The van der Waals surface area contributed by atoms with E-state index in [4.69, 9.17) is 5.11 Å². The average Bonchev–Trinajstić information content (AvgIpc) is 2.48. The van der Waals surface area contributed by atoms with Crippen molar-refractivity contribution in [3.8, 4) is 5.75 Å². The zero-order chi connectivity index (χ0) is 15.4. The highest BCUT2D eigenvalue weighted by atomic mass is 19.1. The Kier molecular flexibility index (Phi) is 4.55. The van der Waals surface area contributed by atoms with Crippen LogP contribution in [0, 0.1) is 12.7 Å². The maximum atomic E-state index is 13.3. The molecular formula is C16H16FNO3. The highest BCUT2D eigenvalue weighted by molar-refractivity contribution is 5.96. The third-order valence-corrected chi connectivity index (χ3v) is 3.13. The molecule has 110 valence electrons. The molecule has 3 N–H and O–H groups in total. The van der Waals surface area contributed by atoms with Gasteiger partial charge in [0, 0.05) is 12.1 Å². The number of benzene rings is 2. The normalized spacial score (nSPS) is 10.4. The van der Waals surface area contributed by atoms with Gasteiger partial charge in [0.25, 0.3) is 5.91 Å². The molecule has 1 amide bonds. The molecule has 0 aliphatic heterocycles. The first-order valence-electron chi connectivity index (χ1n) is 6.47. The van der Waals surface area contributed by atoms with E-state index in [1.165, 1.54) is 24.3 Å². The van der Waals surface area contributed by atoms with Crippen LogP contribution in [0.2, 0.25) is 0 Å². The fourth-order valence-electron chi connectivity index (χ4n) is 1.97. The predicted molar refractivity (Wildman–Crippen MR) is 76.3 cm³/mol. The van der Waals surface area contributed by atoms with Crippen molar-refractivity contribution in [2.75, 3.05) is 0 Å². The molecule has 0 heterocycles. The Morgan fingerprint density at radius 3 is 2.71 bits per heavy atom. The van der Waals surface area contributed by atoms with Gasteiger partial charge in [-0.2, -0.15) is 0 Å². The molecule has 0 aromatic heterocycles. The second-order valence-corrected chi connectivity index (χ2v) is 4.79. The summed E-state index contributed by atoms with van der Waals surface area (Å²) in [5, 5.41) is 21.3. The van der Waals surface area contributed by atoms with Crippen LogP contribution in [0.4, 0.5) is 4.39 Å². The van der Waals surface area contributed by atoms with E-state index in [0.29, 0.717) is 5.56 Å². The number of aryl methyl sites for hydroxylation is 1. The van der Waals surface area contributed by atoms with E-state index in [1.807, 2.05) is 6.92 Å². The first kappa shape index (κ1) is 15.0. The van der Waals surface area contributed by atoms with Crippen LogP contribution in [0.15, 0.2) is 36.4 Å². The number of aliphatic hydroxyl groups excluding tert-OH is 1. The topological polar surface area (TPSA) is 69.6 Å². The molecule has 0 aliphatic carbocycles. The van der Waals surface area contributed by atoms with Crippen LogP contribution in [0.25, 0.3) is 0 Å². The van der Waals surface area contributed by atoms with Crippen molar-refractivity contribution in [1.82, 2.24) is 5.32 Å². The molecule has 21 heavy (non-hydrogen) atoms. The maximum Gasteiger partial charge on any atom is 0.255 e. The van der Waals surface area contributed by atoms with Gasteiger partial charge in [0.1, 0.15) is 11.6 Å². The SMILES string of the molecule is Cc1ccc(O)c(C(=O)NCc2ccc(F)c(CO)c2)c1. The molecule has 0 saturated carbocycles. The lowest BCUT2D eigenvalue weighted by Gasteiger charge is -2.09. The zero-order valence-corrected chi connectivity index (χ0v) is 11.6. The Morgan fingerprint density at radius 2 is 2.00 bits per heavy atom. The van der Waals surface area contributed by atoms with Crippen molar-refractivity contribution in [2.45, 2.75) is 20.1 Å². The van der Waals surface area contributed by atoms with Gasteiger partial charge in [0.15, 0.2) is 0 Å². The number of phenolic OH excluding ortho intramolecular Hbond substituents is 1. The van der Waals surface area contributed by atoms with Gasteiger partial charge in [-0.25, -0.2) is 4.39 Å². The molecular weight excluding hydrogens is 273 g/mol. The minimum absolute atomic E-state index is 0.0896. The Hall–Kier alpha value is -2.40. The molecule has 0 atom stereocenters. The minimum atomic E-state index is -0.482. The molecule has 0 spiro atoms. The summed E-state index contributed by atoms with van der Waals surface area (Å²) in [5.41, 5.74) is 1.91. The number of hydrogen-bond donors (Lipinski definition) is 3. The summed E-state index contributed by atoms with van der Waals surface area (Å²) in [4.78, 5) is 12.0. The molecule has 2 aromatic rings. The standard InChI is InChI=1S/C16H16FNO3/c1-10-2-5-15(20)13(6-10)16(21)18-8-11-3-4-14(17)12(7-11)9-19/h2-7,19-20H,8-9H2,1H3,(H,18,21). The van der Waals surface area contributed by atoms with E-state index >= 15 is 0 Å². The lowest BCUT2D eigenvalue weighted by Crippen LogP contribution is -2.23. The largest absolute Gasteiger partial charge is 0.507 e. The van der Waals surface area contributed by atoms with Gasteiger partial charge in [-0.3, -0.25) is 4.79 Å². The van der Waals surface area contributed by atoms with Crippen LogP contribution in [0.5, 0.6) is 5.75 Å². The van der Waals surface area contributed by atoms with Gasteiger partial charge < -0.3 is 15.5 Å². The number of hydrogen-bond acceptors (Lipinski definition) is 3. The number of halogens is 1. The lowest BCUT2D eigenvalue weighted by atomic mass is 10.1. The van der Waals surface area contributed by atoms with Gasteiger partial charge in [-0.1, -0.05) is 17.7 Å². The molecule has 0 aliphatic rings. The van der Waals surface area contributed by atoms with Gasteiger partial charge in [0.05, 0.1) is 12.2 Å². The quantitative estimate of drug-likeness (QED) is 0.808. The van der Waals surface area contributed by atoms with Crippen molar-refractivity contribution in [3.63, 3.8) is 0 Å². The number of carbonyl (C=O) groups is 1. The van der Waals surface area contributed by atoms with E-state index in [1.54, 1.807) is 12.1 Å². The van der Waals surface area contributed by atoms with Crippen molar-refractivity contribution >= 4 is 5.91 Å². The van der Waals surface area contributed by atoms with Crippen LogP contribution in [0.3, 0.4) is 0 Å². The summed E-state index contributed by atoms with van der Waals surface area (Å²) in [7, 11) is 0. The van der Waals surface area contributed by atoms with Crippen LogP contribution < -0.4 is 5.32 Å². The van der Waals surface area contributed by atoms with Crippen molar-refractivity contribution in [1.29, 1.82) is 0 Å². The Labute approximate surface area is 121 Å². The molecule has 0 unspecified atom stereocenters. The highest BCUT2D eigenvalue weighted by Crippen LogP contribution is 2.18. The first-order valence-corrected chi connectivity index (χ1v) is 6.47. The number of nitrogens with one attached hydrogen (secondary N) is 1. The molecule has 2 aromatic carbocycles. The van der Waals surface area contributed by atoms with Crippen LogP contribution in [0.1, 0.15) is 27.0 Å². The van der Waals surface area contributed by atoms with Gasteiger partial charge in [-0.05, 0) is 36.8 Å². The second-order valence-electron chi connectivity index (χ2n) is 4.79. The van der Waals surface area contributed by atoms with Crippen molar-refractivity contribution < 1.29 is 19.4 Å². The molecule has 4 nitrogen and oxygen atoms in total. The van der Waals surface area contributed by atoms with Gasteiger partial charge in [-0.15, -0.1) is 0 Å². The van der Waals surface area contributed by atoms with E-state index < -0.39 is 18.3 Å². The van der Waals surface area contributed by atoms with E-state index in [9.17, 15) is 14.3 Å². The summed E-state index contributed by atoms with van der Waals surface area (Å²) >= 11 is 0. The third-order valence-electron chi connectivity index (χ3n) is 3.13. The third kappa shape index (κ3) is 3.58. The van der Waals surface area contributed by atoms with Gasteiger partial charge in [0.2, 0.25) is 0 Å². The average molecular weight is 289 g/mol. The van der Waals surface area contributed by atoms with Crippen LogP contribution in [-0.4, -0.2) is 16.1 Å². The fraction of sp³-hybridized carbons (Fsp3) is 0.188. The Balaban J connectivity index is 2.09. The maximum absolute atomic E-state index is 13.3. The number of aliphatic hydroxyl groups is 1. The molecule has 0 radical (unpaired) electrons. The number of rotatable bonds is 4. The second kappa shape index (κ2) is 6.37. The number of carbonyl (C=O) groups excluding carboxylic acids is 1. The van der Waals surface area contributed by atoms with Crippen molar-refractivity contribution in [3.05, 3.63) is 64.5 Å².